The molecule has 1 aliphatic carbocycles. The molecule has 98 valence electrons. The van der Waals surface area contributed by atoms with Crippen LogP contribution in [0.5, 0.6) is 0 Å². The number of tetrazole rings is 1. The van der Waals surface area contributed by atoms with E-state index in [2.05, 4.69) is 38.7 Å². The topological polar surface area (TPSA) is 56.0 Å². The molecule has 0 bridgehead atoms. The Kier molecular flexibility index (Phi) is 2.53. The van der Waals surface area contributed by atoms with Crippen molar-refractivity contribution in [2.45, 2.75) is 12.8 Å². The lowest BCUT2D eigenvalue weighted by molar-refractivity contribution is 0.840. The molecule has 0 amide bonds. The zero-order valence-electron chi connectivity index (χ0n) is 10.5. The maximum atomic E-state index is 6.13. The quantitative estimate of drug-likeness (QED) is 0.689. The van der Waals surface area contributed by atoms with E-state index in [1.807, 2.05) is 18.2 Å². The van der Waals surface area contributed by atoms with Gasteiger partial charge in [-0.3, -0.25) is 0 Å². The summed E-state index contributed by atoms with van der Waals surface area (Å²) >= 11 is 6.13. The van der Waals surface area contributed by atoms with Crippen molar-refractivity contribution in [1.82, 2.24) is 25.0 Å². The Morgan fingerprint density at radius 2 is 2.15 bits per heavy atom. The second-order valence-corrected chi connectivity index (χ2v) is 5.09. The summed E-state index contributed by atoms with van der Waals surface area (Å²) in [6.07, 6.45) is 8.51. The van der Waals surface area contributed by atoms with Gasteiger partial charge in [-0.25, -0.2) is 4.98 Å². The highest BCUT2D eigenvalue weighted by molar-refractivity contribution is 6.31. The maximum Gasteiger partial charge on any atom is 0.274 e. The predicted molar refractivity (Wildman–Crippen MR) is 77.4 cm³/mol. The number of aromatic nitrogens is 5. The molecule has 0 spiro atoms. The normalized spacial score (nSPS) is 14.9. The first kappa shape index (κ1) is 11.5. The number of halogens is 1. The molecular formula is C14H10ClN5. The molecule has 0 N–H and O–H groups in total. The van der Waals surface area contributed by atoms with E-state index < -0.39 is 0 Å². The molecule has 1 aromatic carbocycles. The van der Waals surface area contributed by atoms with Crippen molar-refractivity contribution < 1.29 is 0 Å². The number of hydrogen-bond donors (Lipinski definition) is 0. The maximum absolute atomic E-state index is 6.13. The van der Waals surface area contributed by atoms with Gasteiger partial charge in [-0.2, -0.15) is 4.52 Å². The van der Waals surface area contributed by atoms with E-state index in [-0.39, 0.29) is 0 Å². The smallest absolute Gasteiger partial charge is 0.209 e. The van der Waals surface area contributed by atoms with E-state index in [0.29, 0.717) is 10.8 Å². The Labute approximate surface area is 119 Å². The van der Waals surface area contributed by atoms with Crippen LogP contribution >= 0.6 is 11.6 Å². The lowest BCUT2D eigenvalue weighted by Crippen LogP contribution is -2.00. The minimum Gasteiger partial charge on any atom is -0.209 e. The van der Waals surface area contributed by atoms with Crippen LogP contribution in [0.1, 0.15) is 18.5 Å². The lowest BCUT2D eigenvalue weighted by atomic mass is 10.0. The summed E-state index contributed by atoms with van der Waals surface area (Å²) in [5, 5.41) is 13.2. The van der Waals surface area contributed by atoms with Gasteiger partial charge in [-0.15, -0.1) is 0 Å². The van der Waals surface area contributed by atoms with Crippen molar-refractivity contribution in [3.63, 3.8) is 0 Å². The molecule has 5 nitrogen and oxygen atoms in total. The van der Waals surface area contributed by atoms with Gasteiger partial charge in [0.15, 0.2) is 0 Å². The zero-order chi connectivity index (χ0) is 13.5. The second-order valence-electron chi connectivity index (χ2n) is 4.65. The molecule has 20 heavy (non-hydrogen) atoms. The van der Waals surface area contributed by atoms with Crippen LogP contribution in [-0.4, -0.2) is 25.0 Å². The fourth-order valence-electron chi connectivity index (χ4n) is 2.46. The van der Waals surface area contributed by atoms with Crippen LogP contribution in [0.3, 0.4) is 0 Å². The Morgan fingerprint density at radius 1 is 1.20 bits per heavy atom. The largest absolute Gasteiger partial charge is 0.274 e. The highest BCUT2D eigenvalue weighted by Gasteiger charge is 2.14. The van der Waals surface area contributed by atoms with Crippen molar-refractivity contribution in [1.29, 1.82) is 0 Å². The van der Waals surface area contributed by atoms with Crippen molar-refractivity contribution >= 4 is 33.9 Å². The fourth-order valence-corrected chi connectivity index (χ4v) is 2.63. The van der Waals surface area contributed by atoms with E-state index in [1.54, 1.807) is 4.52 Å². The van der Waals surface area contributed by atoms with E-state index in [1.165, 1.54) is 0 Å². The number of fused-ring (bicyclic) bond motifs is 3. The average Bonchev–Trinajstić information content (AvgIpc) is 2.95. The molecule has 2 aromatic heterocycles. The summed E-state index contributed by atoms with van der Waals surface area (Å²) in [6, 6.07) is 5.66. The highest BCUT2D eigenvalue weighted by atomic mass is 35.5. The molecule has 0 unspecified atom stereocenters. The lowest BCUT2D eigenvalue weighted by Gasteiger charge is -2.10. The molecule has 3 aromatic rings. The highest BCUT2D eigenvalue weighted by Crippen LogP contribution is 2.29. The van der Waals surface area contributed by atoms with Crippen molar-refractivity contribution in [3.05, 3.63) is 47.1 Å². The SMILES string of the molecule is Clc1ccc2c(c1)c(C1=CCCC=C1)nc1nnnn12. The first-order valence-electron chi connectivity index (χ1n) is 6.37. The first-order valence-corrected chi connectivity index (χ1v) is 6.75. The van der Waals surface area contributed by atoms with Gasteiger partial charge in [0.05, 0.1) is 11.2 Å². The third-order valence-electron chi connectivity index (χ3n) is 3.38. The Hall–Kier alpha value is -2.27. The minimum atomic E-state index is 0.495. The summed E-state index contributed by atoms with van der Waals surface area (Å²) in [5.74, 6) is 0.495. The van der Waals surface area contributed by atoms with Crippen LogP contribution in [-0.2, 0) is 0 Å². The molecule has 0 radical (unpaired) electrons. The van der Waals surface area contributed by atoms with Gasteiger partial charge < -0.3 is 0 Å². The molecule has 0 atom stereocenters. The minimum absolute atomic E-state index is 0.495. The van der Waals surface area contributed by atoms with Crippen molar-refractivity contribution in [2.24, 2.45) is 0 Å². The van der Waals surface area contributed by atoms with Gasteiger partial charge >= 0.3 is 0 Å². The van der Waals surface area contributed by atoms with Gasteiger partial charge in [0.25, 0.3) is 5.78 Å². The van der Waals surface area contributed by atoms with Crippen molar-refractivity contribution in [2.75, 3.05) is 0 Å². The predicted octanol–water partition coefficient (Wildman–Crippen LogP) is 3.06. The summed E-state index contributed by atoms with van der Waals surface area (Å²) in [6.45, 7) is 0. The summed E-state index contributed by atoms with van der Waals surface area (Å²) in [7, 11) is 0. The van der Waals surface area contributed by atoms with Crippen LogP contribution in [0.2, 0.25) is 5.02 Å². The van der Waals surface area contributed by atoms with Crippen LogP contribution in [0.15, 0.2) is 36.4 Å². The molecule has 1 aliphatic rings. The number of benzene rings is 1. The molecule has 0 saturated heterocycles. The van der Waals surface area contributed by atoms with Gasteiger partial charge in [-0.05, 0) is 47.0 Å². The summed E-state index contributed by atoms with van der Waals surface area (Å²) in [4.78, 5) is 4.58. The Morgan fingerprint density at radius 3 is 3.00 bits per heavy atom. The first-order chi connectivity index (χ1) is 9.83. The van der Waals surface area contributed by atoms with Gasteiger partial charge in [-0.1, -0.05) is 34.9 Å². The summed E-state index contributed by atoms with van der Waals surface area (Å²) < 4.78 is 1.63. The van der Waals surface area contributed by atoms with Gasteiger partial charge in [0.1, 0.15) is 0 Å². The van der Waals surface area contributed by atoms with E-state index >= 15 is 0 Å². The molecule has 4 rings (SSSR count). The van der Waals surface area contributed by atoms with Crippen LogP contribution in [0.25, 0.3) is 22.3 Å². The average molecular weight is 284 g/mol. The molecule has 0 fully saturated rings. The third-order valence-corrected chi connectivity index (χ3v) is 3.61. The zero-order valence-corrected chi connectivity index (χ0v) is 11.2. The van der Waals surface area contributed by atoms with Gasteiger partial charge in [0.2, 0.25) is 0 Å². The van der Waals surface area contributed by atoms with E-state index in [0.717, 1.165) is 35.0 Å². The molecule has 6 heteroatoms. The fraction of sp³-hybridized carbons (Fsp3) is 0.143. The molecular weight excluding hydrogens is 274 g/mol. The molecule has 0 saturated carbocycles. The number of hydrogen-bond acceptors (Lipinski definition) is 4. The van der Waals surface area contributed by atoms with Crippen LogP contribution < -0.4 is 0 Å². The number of allylic oxidation sites excluding steroid dienone is 4. The Bertz CT molecular complexity index is 878. The van der Waals surface area contributed by atoms with Crippen LogP contribution in [0, 0.1) is 0 Å². The van der Waals surface area contributed by atoms with Gasteiger partial charge in [0, 0.05) is 10.4 Å². The second kappa shape index (κ2) is 4.38. The standard InChI is InChI=1S/C14H10ClN5/c15-10-6-7-12-11(8-10)13(9-4-2-1-3-5-9)16-14-17-18-19-20(12)14/h2,4-8H,1,3H2. The van der Waals surface area contributed by atoms with E-state index in [4.69, 9.17) is 11.6 Å². The monoisotopic (exact) mass is 283 g/mol. The van der Waals surface area contributed by atoms with Crippen molar-refractivity contribution in [3.8, 4) is 0 Å². The number of nitrogens with zero attached hydrogens (tertiary/aromatic N) is 5. The Balaban J connectivity index is 2.13. The third kappa shape index (κ3) is 1.71. The number of rotatable bonds is 1. The van der Waals surface area contributed by atoms with E-state index in [9.17, 15) is 0 Å². The molecule has 2 heterocycles. The van der Waals surface area contributed by atoms with Crippen LogP contribution in [0.4, 0.5) is 0 Å². The molecule has 0 aliphatic heterocycles. The summed E-state index contributed by atoms with van der Waals surface area (Å²) in [5.41, 5.74) is 2.87.